The third-order valence-electron chi connectivity index (χ3n) is 4.20. The van der Waals surface area contributed by atoms with Gasteiger partial charge >= 0.3 is 6.03 Å². The lowest BCUT2D eigenvalue weighted by Gasteiger charge is -2.26. The zero-order chi connectivity index (χ0) is 23.1. The zero-order valence-corrected chi connectivity index (χ0v) is 15.1. The van der Waals surface area contributed by atoms with Crippen molar-refractivity contribution < 1.29 is 22.1 Å². The molecule has 1 aromatic heterocycles. The number of hydrogen-bond donors (Lipinski definition) is 2. The van der Waals surface area contributed by atoms with Crippen LogP contribution in [0.1, 0.15) is 22.6 Å². The average molecular weight is 413 g/mol. The van der Waals surface area contributed by atoms with Gasteiger partial charge in [-0.3, -0.25) is 4.79 Å². The molecule has 0 spiro atoms. The van der Waals surface area contributed by atoms with Crippen LogP contribution >= 0.6 is 11.6 Å². The number of amides is 2. The fraction of sp³-hybridized carbons (Fsp3) is 0.158. The third kappa shape index (κ3) is 3.68. The van der Waals surface area contributed by atoms with Crippen molar-refractivity contribution in [2.24, 2.45) is 0 Å². The second-order valence-electron chi connectivity index (χ2n) is 5.99. The highest BCUT2D eigenvalue weighted by Gasteiger charge is 2.21. The number of anilines is 1. The summed E-state index contributed by atoms with van der Waals surface area (Å²) in [6.45, 7) is -1.62. The molecule has 0 unspecified atom stereocenters. The Morgan fingerprint density at radius 3 is 2.50 bits per heavy atom. The first-order chi connectivity index (χ1) is 14.4. The van der Waals surface area contributed by atoms with Gasteiger partial charge in [0, 0.05) is 23.0 Å². The molecule has 0 aliphatic heterocycles. The lowest BCUT2D eigenvalue weighted by Crippen LogP contribution is -2.34. The Hall–Kier alpha value is -3.00. The topological polar surface area (TPSA) is 65.2 Å². The van der Waals surface area contributed by atoms with E-state index < -0.39 is 42.1 Å². The normalized spacial score (nSPS) is 14.1. The van der Waals surface area contributed by atoms with Crippen LogP contribution in [0.5, 0.6) is 0 Å². The van der Waals surface area contributed by atoms with Gasteiger partial charge in [-0.25, -0.2) is 18.0 Å². The second-order valence-corrected chi connectivity index (χ2v) is 6.40. The fourth-order valence-electron chi connectivity index (χ4n) is 2.69. The predicted molar refractivity (Wildman–Crippen MR) is 101 cm³/mol. The molecule has 0 aliphatic rings. The quantitative estimate of drug-likeness (QED) is 0.647. The van der Waals surface area contributed by atoms with E-state index in [-0.39, 0.29) is 27.0 Å². The average Bonchev–Trinajstić information content (AvgIpc) is 2.65. The summed E-state index contributed by atoms with van der Waals surface area (Å²) in [7, 11) is 0. The van der Waals surface area contributed by atoms with Crippen LogP contribution in [0.25, 0.3) is 10.8 Å². The Bertz CT molecular complexity index is 1230. The van der Waals surface area contributed by atoms with Crippen molar-refractivity contribution >= 4 is 34.1 Å². The number of hydrogen-bond acceptors (Lipinski definition) is 2. The molecule has 2 N–H and O–H groups in total. The number of pyridine rings is 1. The van der Waals surface area contributed by atoms with Crippen LogP contribution in [0.4, 0.5) is 23.7 Å². The van der Waals surface area contributed by atoms with E-state index in [4.69, 9.17) is 15.7 Å². The molecule has 2 aromatic carbocycles. The molecule has 0 bridgehead atoms. The summed E-state index contributed by atoms with van der Waals surface area (Å²) in [5.74, 6) is -3.21. The highest BCUT2D eigenvalue weighted by Crippen LogP contribution is 2.27. The summed E-state index contributed by atoms with van der Waals surface area (Å²) in [6.07, 6.45) is 1.13. The molecule has 5 nitrogen and oxygen atoms in total. The van der Waals surface area contributed by atoms with Gasteiger partial charge < -0.3 is 15.2 Å². The summed E-state index contributed by atoms with van der Waals surface area (Å²) in [4.78, 5) is 27.7. The first kappa shape index (κ1) is 16.0. The van der Waals surface area contributed by atoms with E-state index >= 15 is 0 Å². The molecule has 1 heterocycles. The summed E-state index contributed by atoms with van der Waals surface area (Å²) in [5.41, 5.74) is -0.607. The first-order valence-corrected chi connectivity index (χ1v) is 8.33. The maximum absolute atomic E-state index is 13.8. The summed E-state index contributed by atoms with van der Waals surface area (Å²) in [6, 6.07) is 2.44. The lowest BCUT2D eigenvalue weighted by molar-refractivity contribution is 0.208. The molecule has 0 saturated carbocycles. The predicted octanol–water partition coefficient (Wildman–Crippen LogP) is 4.82. The minimum absolute atomic E-state index is 0.0392. The first-order valence-electron chi connectivity index (χ1n) is 9.46. The van der Waals surface area contributed by atoms with Gasteiger partial charge in [0.1, 0.15) is 5.82 Å². The Balaban J connectivity index is 2.06. The molecule has 3 rings (SSSR count). The van der Waals surface area contributed by atoms with Crippen LogP contribution in [0.3, 0.4) is 0 Å². The van der Waals surface area contributed by atoms with Gasteiger partial charge in [0.05, 0.1) is 16.5 Å². The largest absolute Gasteiger partial charge is 0.328 e. The van der Waals surface area contributed by atoms with Crippen LogP contribution in [0.2, 0.25) is 5.02 Å². The van der Waals surface area contributed by atoms with Crippen LogP contribution in [-0.2, 0) is 0 Å². The Labute approximate surface area is 166 Å². The van der Waals surface area contributed by atoms with E-state index in [0.717, 1.165) is 24.4 Å². The number of halogens is 4. The smallest absolute Gasteiger partial charge is 0.322 e. The number of H-pyrrole nitrogens is 1. The van der Waals surface area contributed by atoms with Crippen molar-refractivity contribution in [3.63, 3.8) is 0 Å². The zero-order valence-electron chi connectivity index (χ0n) is 17.3. The van der Waals surface area contributed by atoms with Crippen LogP contribution in [0, 0.1) is 17.5 Å². The molecule has 9 heteroatoms. The number of aromatic amines is 1. The molecule has 0 aliphatic carbocycles. The highest BCUT2D eigenvalue weighted by molar-refractivity contribution is 6.31. The third-order valence-corrected chi connectivity index (χ3v) is 4.49. The molecular weight excluding hydrogens is 395 g/mol. The lowest BCUT2D eigenvalue weighted by atomic mass is 10.0. The molecule has 1 atom stereocenters. The number of fused-ring (bicyclic) bond motifs is 1. The highest BCUT2D eigenvalue weighted by atomic mass is 35.5. The van der Waals surface area contributed by atoms with Crippen molar-refractivity contribution in [1.82, 2.24) is 9.88 Å². The summed E-state index contributed by atoms with van der Waals surface area (Å²) in [5, 5.41) is 1.77. The van der Waals surface area contributed by atoms with E-state index in [1.54, 1.807) is 0 Å². The Morgan fingerprint density at radius 2 is 1.86 bits per heavy atom. The number of urea groups is 1. The van der Waals surface area contributed by atoms with Crippen LogP contribution in [0.15, 0.2) is 41.3 Å². The van der Waals surface area contributed by atoms with Gasteiger partial charge in [0.15, 0.2) is 11.6 Å². The molecule has 0 radical (unpaired) electrons. The Kier molecular flexibility index (Phi) is 4.32. The van der Waals surface area contributed by atoms with E-state index in [0.29, 0.717) is 11.0 Å². The number of benzene rings is 2. The number of aromatic nitrogens is 1. The second kappa shape index (κ2) is 7.55. The number of carbonyl (C=O) groups excluding carboxylic acids is 1. The van der Waals surface area contributed by atoms with Gasteiger partial charge in [-0.05, 0) is 48.2 Å². The molecule has 28 heavy (non-hydrogen) atoms. The minimum atomic E-state index is -2.96. The SMILES string of the molecule is [2H]C([2H])([2H])N(C(=O)Nc1ccc(F)c(Cl)c1)[C@@H](C)c1c[nH]c(=O)c2cc(F)c(F)cc12. The van der Waals surface area contributed by atoms with Crippen molar-refractivity contribution in [3.05, 3.63) is 74.9 Å². The van der Waals surface area contributed by atoms with E-state index in [2.05, 4.69) is 10.3 Å². The number of nitrogens with one attached hydrogen (secondary N) is 2. The van der Waals surface area contributed by atoms with Crippen molar-refractivity contribution in [2.75, 3.05) is 12.3 Å². The Morgan fingerprint density at radius 1 is 1.18 bits per heavy atom. The van der Waals surface area contributed by atoms with Gasteiger partial charge in [-0.15, -0.1) is 0 Å². The summed E-state index contributed by atoms with van der Waals surface area (Å²) >= 11 is 5.68. The number of carbonyl (C=O) groups is 1. The van der Waals surface area contributed by atoms with Gasteiger partial charge in [0.25, 0.3) is 5.56 Å². The van der Waals surface area contributed by atoms with E-state index in [9.17, 15) is 22.8 Å². The van der Waals surface area contributed by atoms with E-state index in [1.165, 1.54) is 13.0 Å². The molecule has 0 fully saturated rings. The van der Waals surface area contributed by atoms with Gasteiger partial charge in [-0.1, -0.05) is 11.6 Å². The standard InChI is InChI=1S/C19H15ClF3N3O2/c1-9(26(2)19(28)25-10-3-4-15(21)14(20)5-10)13-8-24-18(27)12-7-17(23)16(22)6-11(12)13/h3-9H,1-2H3,(H,24,27)(H,25,28)/t9-/m0/s1/i2D3. The maximum atomic E-state index is 13.8. The maximum Gasteiger partial charge on any atom is 0.322 e. The number of rotatable bonds is 3. The fourth-order valence-corrected chi connectivity index (χ4v) is 2.87. The van der Waals surface area contributed by atoms with E-state index in [1.807, 2.05) is 0 Å². The monoisotopic (exact) mass is 412 g/mol. The van der Waals surface area contributed by atoms with Gasteiger partial charge in [0.2, 0.25) is 0 Å². The molecule has 2 amide bonds. The van der Waals surface area contributed by atoms with Crippen LogP contribution < -0.4 is 10.9 Å². The van der Waals surface area contributed by atoms with Crippen molar-refractivity contribution in [1.29, 1.82) is 0 Å². The van der Waals surface area contributed by atoms with Crippen molar-refractivity contribution in [2.45, 2.75) is 13.0 Å². The molecular formula is C19H15ClF3N3O2. The summed E-state index contributed by atoms with van der Waals surface area (Å²) < 4.78 is 64.1. The molecule has 146 valence electrons. The minimum Gasteiger partial charge on any atom is -0.328 e. The molecule has 3 aromatic rings. The van der Waals surface area contributed by atoms with Crippen LogP contribution in [-0.4, -0.2) is 22.9 Å². The number of nitrogens with zero attached hydrogens (tertiary/aromatic N) is 1. The van der Waals surface area contributed by atoms with Gasteiger partial charge in [-0.2, -0.15) is 0 Å². The van der Waals surface area contributed by atoms with Crippen molar-refractivity contribution in [3.8, 4) is 0 Å². The molecule has 0 saturated heterocycles.